The van der Waals surface area contributed by atoms with E-state index in [1.165, 1.54) is 5.57 Å². The highest BCUT2D eigenvalue weighted by Crippen LogP contribution is 2.44. The van der Waals surface area contributed by atoms with Gasteiger partial charge >= 0.3 is 0 Å². The van der Waals surface area contributed by atoms with Crippen LogP contribution < -0.4 is 4.91 Å². The topological polar surface area (TPSA) is 83.0 Å². The van der Waals surface area contributed by atoms with Crippen LogP contribution in [-0.4, -0.2) is 23.2 Å². The Morgan fingerprint density at radius 1 is 1.18 bits per heavy atom. The number of carbonyl (C=O) groups is 1. The molecule has 0 unspecified atom stereocenters. The summed E-state index contributed by atoms with van der Waals surface area (Å²) < 4.78 is 0. The number of nitrogens with zero attached hydrogens (tertiary/aromatic N) is 4. The van der Waals surface area contributed by atoms with E-state index in [2.05, 4.69) is 28.2 Å². The SMILES string of the molecule is N=[N+]=NCC(=O)N1N=C2/C(=C\c3ccccc3)CCC[C@H]2[C@@H]1c1ccccc1. The minimum atomic E-state index is -0.231. The maximum Gasteiger partial charge on any atom is 0.272 e. The van der Waals surface area contributed by atoms with Crippen molar-refractivity contribution in [2.24, 2.45) is 16.1 Å². The summed E-state index contributed by atoms with van der Waals surface area (Å²) in [5, 5.41) is 9.90. The second-order valence-electron chi connectivity index (χ2n) is 7.06. The number of hydrazone groups is 1. The molecular formula is C22H22N5O+. The number of hydrogen-bond acceptors (Lipinski definition) is 4. The number of fused-ring (bicyclic) bond motifs is 1. The Balaban J connectivity index is 1.74. The second kappa shape index (κ2) is 8.11. The van der Waals surface area contributed by atoms with Crippen LogP contribution in [-0.2, 0) is 4.79 Å². The van der Waals surface area contributed by atoms with E-state index in [1.807, 2.05) is 48.5 Å². The van der Waals surface area contributed by atoms with Gasteiger partial charge < -0.3 is 0 Å². The zero-order valence-corrected chi connectivity index (χ0v) is 15.5. The summed E-state index contributed by atoms with van der Waals surface area (Å²) in [6.45, 7) is -0.159. The molecule has 28 heavy (non-hydrogen) atoms. The molecule has 1 heterocycles. The van der Waals surface area contributed by atoms with Gasteiger partial charge in [-0.2, -0.15) is 5.10 Å². The molecule has 0 spiro atoms. The molecule has 2 aromatic rings. The van der Waals surface area contributed by atoms with Gasteiger partial charge in [-0.05, 0) is 42.0 Å². The molecule has 2 aliphatic rings. The van der Waals surface area contributed by atoms with Crippen LogP contribution in [0.3, 0.4) is 0 Å². The molecule has 1 fully saturated rings. The molecule has 1 amide bonds. The van der Waals surface area contributed by atoms with Crippen molar-refractivity contribution in [1.82, 2.24) is 9.92 Å². The van der Waals surface area contributed by atoms with E-state index in [4.69, 9.17) is 10.6 Å². The molecule has 2 atom stereocenters. The molecular weight excluding hydrogens is 350 g/mol. The van der Waals surface area contributed by atoms with E-state index >= 15 is 0 Å². The highest BCUT2D eigenvalue weighted by Gasteiger charge is 2.43. The summed E-state index contributed by atoms with van der Waals surface area (Å²) in [7, 11) is 0. The highest BCUT2D eigenvalue weighted by molar-refractivity contribution is 6.08. The monoisotopic (exact) mass is 372 g/mol. The van der Waals surface area contributed by atoms with Crippen LogP contribution in [0.2, 0.25) is 0 Å². The standard InChI is InChI=1S/C22H22N5O/c23-26-24-15-20(28)27-22(17-10-5-2-6-11-17)19-13-7-12-18(21(19)25-27)14-16-8-3-1-4-9-16/h1-6,8-11,14,19,22-23H,7,12-13,15H2/q+1/b18-14-/t19-,22+/m1/s1. The number of nitrogens with one attached hydrogen (secondary N) is 1. The van der Waals surface area contributed by atoms with E-state index in [9.17, 15) is 4.79 Å². The van der Waals surface area contributed by atoms with Crippen molar-refractivity contribution in [3.63, 3.8) is 0 Å². The van der Waals surface area contributed by atoms with Crippen LogP contribution in [0.1, 0.15) is 36.4 Å². The van der Waals surface area contributed by atoms with Crippen molar-refractivity contribution in [1.29, 1.82) is 5.53 Å². The van der Waals surface area contributed by atoms with Gasteiger partial charge in [0, 0.05) is 5.92 Å². The molecule has 1 aliphatic carbocycles. The lowest BCUT2D eigenvalue weighted by Gasteiger charge is -2.29. The Kier molecular flexibility index (Phi) is 5.22. The van der Waals surface area contributed by atoms with Gasteiger partial charge in [0.25, 0.3) is 5.91 Å². The fraction of sp³-hybridized carbons (Fsp3) is 0.273. The predicted molar refractivity (Wildman–Crippen MR) is 107 cm³/mol. The number of carbonyl (C=O) groups excluding carboxylic acids is 1. The highest BCUT2D eigenvalue weighted by atomic mass is 16.2. The summed E-state index contributed by atoms with van der Waals surface area (Å²) in [5.74, 6) is -0.0613. The fourth-order valence-corrected chi connectivity index (χ4v) is 4.11. The van der Waals surface area contributed by atoms with Crippen molar-refractivity contribution >= 4 is 17.7 Å². The van der Waals surface area contributed by atoms with Crippen LogP contribution >= 0.6 is 0 Å². The summed E-state index contributed by atoms with van der Waals surface area (Å²) in [5.41, 5.74) is 11.3. The first-order chi connectivity index (χ1) is 13.8. The molecule has 2 aromatic carbocycles. The first-order valence-electron chi connectivity index (χ1n) is 9.52. The second-order valence-corrected chi connectivity index (χ2v) is 7.06. The Morgan fingerprint density at radius 3 is 2.61 bits per heavy atom. The van der Waals surface area contributed by atoms with Gasteiger partial charge in [0.2, 0.25) is 11.5 Å². The third kappa shape index (κ3) is 3.55. The lowest BCUT2D eigenvalue weighted by molar-refractivity contribution is -0.132. The smallest absolute Gasteiger partial charge is 0.270 e. The maximum atomic E-state index is 12.8. The van der Waals surface area contributed by atoms with E-state index in [1.54, 1.807) is 5.01 Å². The first-order valence-corrected chi connectivity index (χ1v) is 9.52. The minimum absolute atomic E-state index is 0.135. The number of hydrogen-bond donors (Lipinski definition) is 1. The molecule has 1 aliphatic heterocycles. The van der Waals surface area contributed by atoms with Crippen LogP contribution in [0.5, 0.6) is 0 Å². The van der Waals surface area contributed by atoms with Crippen molar-refractivity contribution in [3.05, 3.63) is 77.4 Å². The summed E-state index contributed by atoms with van der Waals surface area (Å²) >= 11 is 0. The third-order valence-electron chi connectivity index (χ3n) is 5.32. The normalized spacial score (nSPS) is 22.4. The van der Waals surface area contributed by atoms with E-state index in [0.717, 1.165) is 36.1 Å². The Morgan fingerprint density at radius 2 is 1.89 bits per heavy atom. The molecule has 4 rings (SSSR count). The summed E-state index contributed by atoms with van der Waals surface area (Å²) in [4.78, 5) is 15.7. The molecule has 1 saturated carbocycles. The van der Waals surface area contributed by atoms with Crippen LogP contribution in [0, 0.1) is 11.4 Å². The average molecular weight is 372 g/mol. The molecule has 6 heteroatoms. The predicted octanol–water partition coefficient (Wildman–Crippen LogP) is 4.36. The maximum absolute atomic E-state index is 12.8. The van der Waals surface area contributed by atoms with Crippen molar-refractivity contribution in [2.45, 2.75) is 25.3 Å². The van der Waals surface area contributed by atoms with Crippen LogP contribution in [0.4, 0.5) is 0 Å². The van der Waals surface area contributed by atoms with E-state index < -0.39 is 0 Å². The van der Waals surface area contributed by atoms with E-state index in [0.29, 0.717) is 0 Å². The van der Waals surface area contributed by atoms with Gasteiger partial charge in [0.1, 0.15) is 10.6 Å². The van der Waals surface area contributed by atoms with Gasteiger partial charge in [0.05, 0.1) is 11.8 Å². The Bertz CT molecular complexity index is 961. The van der Waals surface area contributed by atoms with Crippen molar-refractivity contribution in [2.75, 3.05) is 6.54 Å². The lowest BCUT2D eigenvalue weighted by Crippen LogP contribution is -2.33. The largest absolute Gasteiger partial charge is 0.272 e. The minimum Gasteiger partial charge on any atom is -0.270 e. The zero-order valence-electron chi connectivity index (χ0n) is 15.5. The first kappa shape index (κ1) is 18.0. The number of rotatable bonds is 4. The summed E-state index contributed by atoms with van der Waals surface area (Å²) in [6.07, 6.45) is 5.21. The Hall–Kier alpha value is -3.37. The number of amides is 1. The molecule has 140 valence electrons. The van der Waals surface area contributed by atoms with Crippen LogP contribution in [0.15, 0.2) is 76.5 Å². The van der Waals surface area contributed by atoms with Gasteiger partial charge in [-0.15, -0.1) is 0 Å². The molecule has 0 aromatic heterocycles. The van der Waals surface area contributed by atoms with Gasteiger partial charge in [0.15, 0.2) is 0 Å². The number of benzene rings is 2. The van der Waals surface area contributed by atoms with Gasteiger partial charge in [-0.3, -0.25) is 4.79 Å². The van der Waals surface area contributed by atoms with E-state index in [-0.39, 0.29) is 24.4 Å². The van der Waals surface area contributed by atoms with Crippen molar-refractivity contribution in [3.8, 4) is 0 Å². The molecule has 6 nitrogen and oxygen atoms in total. The molecule has 0 saturated heterocycles. The third-order valence-corrected chi connectivity index (χ3v) is 5.32. The number of allylic oxidation sites excluding steroid dienone is 1. The van der Waals surface area contributed by atoms with Crippen LogP contribution in [0.25, 0.3) is 6.08 Å². The molecule has 1 N–H and O–H groups in total. The zero-order chi connectivity index (χ0) is 19.3. The van der Waals surface area contributed by atoms with Gasteiger partial charge in [-0.1, -0.05) is 60.7 Å². The Labute approximate surface area is 163 Å². The quantitative estimate of drug-likeness (QED) is 0.628. The molecule has 0 bridgehead atoms. The average Bonchev–Trinajstić information content (AvgIpc) is 3.14. The van der Waals surface area contributed by atoms with Gasteiger partial charge in [-0.25, -0.2) is 5.01 Å². The molecule has 0 radical (unpaired) electrons. The van der Waals surface area contributed by atoms with Crippen molar-refractivity contribution < 1.29 is 4.79 Å². The lowest BCUT2D eigenvalue weighted by atomic mass is 9.77. The fourth-order valence-electron chi connectivity index (χ4n) is 4.11. The summed E-state index contributed by atoms with van der Waals surface area (Å²) in [6, 6.07) is 20.1.